The number of halogens is 1. The molecule has 0 unspecified atom stereocenters. The van der Waals surface area contributed by atoms with Gasteiger partial charge in [-0.3, -0.25) is 0 Å². The lowest BCUT2D eigenvalue weighted by molar-refractivity contribution is -0.115. The molecule has 45 heavy (non-hydrogen) atoms. The maximum Gasteiger partial charge on any atom is 0.134 e. The van der Waals surface area contributed by atoms with E-state index < -0.39 is 6.67 Å². The quantitative estimate of drug-likeness (QED) is 0.212. The molecule has 5 heteroatoms. The Hall–Kier alpha value is -3.23. The number of ketones is 1. The van der Waals surface area contributed by atoms with E-state index in [4.69, 9.17) is 5.11 Å². The zero-order valence-corrected chi connectivity index (χ0v) is 30.9. The number of imidazole rings is 1. The predicted molar refractivity (Wildman–Crippen MR) is 200 cm³/mol. The van der Waals surface area contributed by atoms with Crippen molar-refractivity contribution in [3.63, 3.8) is 0 Å². The van der Waals surface area contributed by atoms with Gasteiger partial charge in [0, 0.05) is 7.11 Å². The molecule has 1 aromatic heterocycles. The zero-order valence-electron chi connectivity index (χ0n) is 30.9. The highest BCUT2D eigenvalue weighted by Gasteiger charge is 2.19. The number of H-pyrrole nitrogens is 1. The van der Waals surface area contributed by atoms with Crippen LogP contribution in [0.4, 0.5) is 4.39 Å². The van der Waals surface area contributed by atoms with Crippen LogP contribution in [0.1, 0.15) is 127 Å². The van der Waals surface area contributed by atoms with Gasteiger partial charge in [-0.15, -0.1) is 12.3 Å². The van der Waals surface area contributed by atoms with E-state index in [1.807, 2.05) is 32.9 Å². The highest BCUT2D eigenvalue weighted by Crippen LogP contribution is 2.33. The van der Waals surface area contributed by atoms with Crippen LogP contribution in [-0.4, -0.2) is 34.6 Å². The van der Waals surface area contributed by atoms with Crippen LogP contribution in [0.5, 0.6) is 0 Å². The summed E-state index contributed by atoms with van der Waals surface area (Å²) in [5.74, 6) is 4.97. The lowest BCUT2D eigenvalue weighted by Crippen LogP contribution is -2.24. The van der Waals surface area contributed by atoms with Crippen LogP contribution in [-0.2, 0) is 4.79 Å². The Morgan fingerprint density at radius 2 is 1.62 bits per heavy atom. The predicted octanol–water partition coefficient (Wildman–Crippen LogP) is 9.87. The number of aromatic nitrogens is 2. The number of hydrogen-bond acceptors (Lipinski definition) is 3. The summed E-state index contributed by atoms with van der Waals surface area (Å²) in [7, 11) is 1.00. The summed E-state index contributed by atoms with van der Waals surface area (Å²) >= 11 is 0. The van der Waals surface area contributed by atoms with Crippen molar-refractivity contribution < 1.29 is 14.3 Å². The molecule has 0 atom stereocenters. The van der Waals surface area contributed by atoms with Crippen molar-refractivity contribution in [2.24, 2.45) is 11.8 Å². The van der Waals surface area contributed by atoms with Gasteiger partial charge in [0.15, 0.2) is 0 Å². The molecular weight excluding hydrogens is 559 g/mol. The fourth-order valence-corrected chi connectivity index (χ4v) is 3.96. The maximum absolute atomic E-state index is 12.5. The highest BCUT2D eigenvalue weighted by molar-refractivity contribution is 5.72. The molecular formula is C40H67FN2O2. The van der Waals surface area contributed by atoms with Gasteiger partial charge in [0.1, 0.15) is 18.3 Å². The first-order valence-electron chi connectivity index (χ1n) is 16.5. The number of aromatic amines is 1. The van der Waals surface area contributed by atoms with Crippen molar-refractivity contribution in [2.75, 3.05) is 13.8 Å². The molecule has 0 bridgehead atoms. The van der Waals surface area contributed by atoms with Crippen LogP contribution in [0.15, 0.2) is 54.2 Å². The van der Waals surface area contributed by atoms with Crippen molar-refractivity contribution in [3.05, 3.63) is 70.7 Å². The lowest BCUT2D eigenvalue weighted by Gasteiger charge is -2.27. The molecule has 1 aliphatic carbocycles. The van der Waals surface area contributed by atoms with Gasteiger partial charge in [-0.05, 0) is 96.3 Å². The van der Waals surface area contributed by atoms with Crippen LogP contribution in [0, 0.1) is 24.2 Å². The maximum atomic E-state index is 12.5. The van der Waals surface area contributed by atoms with Gasteiger partial charge < -0.3 is 14.9 Å². The van der Waals surface area contributed by atoms with E-state index in [1.165, 1.54) is 56.8 Å². The molecule has 0 amide bonds. The average Bonchev–Trinajstić information content (AvgIpc) is 3.45. The molecule has 0 aliphatic heterocycles. The number of hydrogen-bond donors (Lipinski definition) is 2. The van der Waals surface area contributed by atoms with Gasteiger partial charge >= 0.3 is 0 Å². The van der Waals surface area contributed by atoms with Gasteiger partial charge in [-0.2, -0.15) is 0 Å². The summed E-state index contributed by atoms with van der Waals surface area (Å²) in [6.45, 7) is 24.8. The fourth-order valence-electron chi connectivity index (χ4n) is 3.96. The molecule has 256 valence electrons. The van der Waals surface area contributed by atoms with E-state index in [0.29, 0.717) is 5.35 Å². The highest BCUT2D eigenvalue weighted by atomic mass is 19.1. The first kappa shape index (κ1) is 48.7. The van der Waals surface area contributed by atoms with Gasteiger partial charge in [0.2, 0.25) is 0 Å². The van der Waals surface area contributed by atoms with E-state index in [9.17, 15) is 9.18 Å². The number of rotatable bonds is 9. The number of aliphatic hydroxyl groups excluding tert-OH is 1. The molecule has 1 aliphatic rings. The van der Waals surface area contributed by atoms with Gasteiger partial charge in [0.05, 0.1) is 10.7 Å². The van der Waals surface area contributed by atoms with Crippen molar-refractivity contribution in [1.82, 2.24) is 9.97 Å². The molecule has 1 fully saturated rings. The molecule has 2 N–H and O–H groups in total. The third-order valence-electron chi connectivity index (χ3n) is 6.46. The summed E-state index contributed by atoms with van der Waals surface area (Å²) in [5.41, 5.74) is 3.88. The monoisotopic (exact) mass is 627 g/mol. The Kier molecular flexibility index (Phi) is 38.1. The SMILES string of the molecule is C#CC.C=C/C=C\C(=C/C)C1CCC(C)CC1.CC.CC(C)=O.CCC/C=c1/[nH]c(/C(C)=C/C=C(\C)CC)n/c1=C/CF.CO. The first-order valence-corrected chi connectivity index (χ1v) is 16.5. The minimum absolute atomic E-state index is 0.167. The third kappa shape index (κ3) is 28.0. The average molecular weight is 627 g/mol. The first-order chi connectivity index (χ1) is 21.5. The topological polar surface area (TPSA) is 66.0 Å². The Bertz CT molecular complexity index is 1150. The second-order valence-corrected chi connectivity index (χ2v) is 10.5. The summed E-state index contributed by atoms with van der Waals surface area (Å²) in [5, 5.41) is 8.63. The summed E-state index contributed by atoms with van der Waals surface area (Å²) in [6.07, 6.45) is 29.3. The Balaban J connectivity index is -0.000000291. The van der Waals surface area contributed by atoms with E-state index in [-0.39, 0.29) is 5.78 Å². The minimum Gasteiger partial charge on any atom is -0.400 e. The van der Waals surface area contributed by atoms with E-state index in [2.05, 4.69) is 93.9 Å². The number of alkyl halides is 1. The van der Waals surface area contributed by atoms with Crippen LogP contribution in [0.25, 0.3) is 17.7 Å². The minimum atomic E-state index is -0.491. The second-order valence-electron chi connectivity index (χ2n) is 10.5. The molecule has 0 spiro atoms. The van der Waals surface area contributed by atoms with Crippen LogP contribution in [0.3, 0.4) is 0 Å². The summed E-state index contributed by atoms with van der Waals surface area (Å²) in [6, 6.07) is 0. The largest absolute Gasteiger partial charge is 0.400 e. The molecule has 1 aromatic rings. The molecule has 0 radical (unpaired) electrons. The standard InChI is InChI=1S/C17H25FN2.C14H22.C3H6O.C3H4.C2H6.CH4O/c1-5-7-8-15-16(11-12-18)20-17(19-15)14(4)10-9-13(3)6-2;1-4-6-7-13(5-2)14-10-8-12(3)9-11-14;1-3(2)4;1-3-2;2*1-2/h8-11H,5-7,12H2,1-4H3,(H,19,20);4-7,12,14H,1,8-11H2,2-3H3;1-2H3;1H,2H3;1-2H3;2H,1H3/b13-9+,14-10+,15-8+,16-11+;7-6-,13-5+;;;;. The molecule has 4 nitrogen and oxygen atoms in total. The summed E-state index contributed by atoms with van der Waals surface area (Å²) < 4.78 is 12.5. The third-order valence-corrected chi connectivity index (χ3v) is 6.46. The Morgan fingerprint density at radius 1 is 1.09 bits per heavy atom. The van der Waals surface area contributed by atoms with Gasteiger partial charge in [0.25, 0.3) is 0 Å². The molecule has 1 saturated carbocycles. The van der Waals surface area contributed by atoms with Crippen LogP contribution < -0.4 is 10.7 Å². The van der Waals surface area contributed by atoms with Crippen LogP contribution in [0.2, 0.25) is 0 Å². The van der Waals surface area contributed by atoms with Gasteiger partial charge in [-0.1, -0.05) is 109 Å². The van der Waals surface area contributed by atoms with E-state index in [1.54, 1.807) is 6.92 Å². The van der Waals surface area contributed by atoms with E-state index >= 15 is 0 Å². The molecule has 1 heterocycles. The number of allylic oxidation sites excluding steroid dienone is 9. The second kappa shape index (κ2) is 35.3. The van der Waals surface area contributed by atoms with Crippen molar-refractivity contribution in [1.29, 1.82) is 0 Å². The molecule has 2 rings (SSSR count). The molecule has 0 saturated heterocycles. The number of carbonyl (C=O) groups excluding carboxylic acids is 1. The smallest absolute Gasteiger partial charge is 0.134 e. The Labute approximate surface area is 277 Å². The van der Waals surface area contributed by atoms with Crippen LogP contribution >= 0.6 is 0 Å². The number of carbonyl (C=O) groups is 1. The van der Waals surface area contributed by atoms with Gasteiger partial charge in [-0.25, -0.2) is 9.37 Å². The summed E-state index contributed by atoms with van der Waals surface area (Å²) in [4.78, 5) is 17.2. The number of unbranched alkanes of at least 4 members (excludes halogenated alkanes) is 1. The zero-order chi connectivity index (χ0) is 35.6. The van der Waals surface area contributed by atoms with E-state index in [0.717, 1.165) is 55.0 Å². The van der Waals surface area contributed by atoms with Crippen molar-refractivity contribution in [2.45, 2.75) is 121 Å². The fraction of sp³-hybridized carbons (Fsp3) is 0.550. The Morgan fingerprint density at radius 3 is 2.04 bits per heavy atom. The van der Waals surface area contributed by atoms with Crippen molar-refractivity contribution in [3.8, 4) is 12.3 Å². The number of aliphatic hydroxyl groups is 1. The number of nitrogens with zero attached hydrogens (tertiary/aromatic N) is 1. The van der Waals surface area contributed by atoms with Crippen molar-refractivity contribution >= 4 is 23.5 Å². The molecule has 0 aromatic carbocycles. The lowest BCUT2D eigenvalue weighted by atomic mass is 9.79. The number of terminal acetylenes is 1. The number of nitrogens with one attached hydrogen (secondary N) is 1. The number of Topliss-reactive ketones (excluding diaryl/α,β-unsaturated/α-hetero) is 1. The normalized spacial score (nSPS) is 17.0.